The Kier molecular flexibility index (Phi) is 5.46. The lowest BCUT2D eigenvalue weighted by Crippen LogP contribution is -2.46. The van der Waals surface area contributed by atoms with Gasteiger partial charge >= 0.3 is 0 Å². The van der Waals surface area contributed by atoms with Crippen LogP contribution in [0.4, 0.5) is 5.82 Å². The van der Waals surface area contributed by atoms with E-state index in [0.717, 1.165) is 58.2 Å². The lowest BCUT2D eigenvalue weighted by Gasteiger charge is -2.38. The summed E-state index contributed by atoms with van der Waals surface area (Å²) in [4.78, 5) is 28.9. The van der Waals surface area contributed by atoms with Gasteiger partial charge in [-0.1, -0.05) is 36.4 Å². The van der Waals surface area contributed by atoms with Gasteiger partial charge in [-0.15, -0.1) is 5.10 Å². The second-order valence-electron chi connectivity index (χ2n) is 9.88. The van der Waals surface area contributed by atoms with Gasteiger partial charge in [-0.2, -0.15) is 9.61 Å². The summed E-state index contributed by atoms with van der Waals surface area (Å²) in [6.07, 6.45) is 8.63. The highest BCUT2D eigenvalue weighted by Crippen LogP contribution is 2.45. The van der Waals surface area contributed by atoms with Gasteiger partial charge in [0.1, 0.15) is 12.1 Å². The predicted molar refractivity (Wildman–Crippen MR) is 145 cm³/mol. The molecule has 1 amide bonds. The molecule has 2 aliphatic heterocycles. The largest absolute Gasteiger partial charge is 0.383 e. The highest BCUT2D eigenvalue weighted by atomic mass is 79.9. The fraction of sp³-hybridized carbons (Fsp3) is 0.259. The summed E-state index contributed by atoms with van der Waals surface area (Å²) in [5, 5.41) is 11.2. The van der Waals surface area contributed by atoms with Crippen molar-refractivity contribution < 1.29 is 4.79 Å². The quantitative estimate of drug-likeness (QED) is 0.326. The predicted octanol–water partition coefficient (Wildman–Crippen LogP) is 4.47. The van der Waals surface area contributed by atoms with E-state index in [2.05, 4.69) is 41.2 Å². The molecule has 3 atom stereocenters. The summed E-state index contributed by atoms with van der Waals surface area (Å²) in [5.74, 6) is 0.785. The van der Waals surface area contributed by atoms with Gasteiger partial charge in [-0.25, -0.2) is 9.97 Å². The Morgan fingerprint density at radius 1 is 1.00 bits per heavy atom. The number of hydrogen-bond donors (Lipinski definition) is 2. The van der Waals surface area contributed by atoms with Crippen LogP contribution in [-0.2, 0) is 0 Å². The van der Waals surface area contributed by atoms with Gasteiger partial charge < -0.3 is 10.6 Å². The minimum atomic E-state index is -0.108. The van der Waals surface area contributed by atoms with Crippen LogP contribution in [0.25, 0.3) is 28.0 Å². The minimum absolute atomic E-state index is 0.108. The van der Waals surface area contributed by atoms with Crippen molar-refractivity contribution in [3.63, 3.8) is 0 Å². The third-order valence-electron chi connectivity index (χ3n) is 7.75. The van der Waals surface area contributed by atoms with Gasteiger partial charge in [-0.05, 0) is 47.7 Å². The van der Waals surface area contributed by atoms with Crippen molar-refractivity contribution in [1.82, 2.24) is 39.7 Å². The van der Waals surface area contributed by atoms with Crippen molar-refractivity contribution >= 4 is 33.3 Å². The van der Waals surface area contributed by atoms with Crippen LogP contribution in [0.3, 0.4) is 0 Å². The number of nitrogens with two attached hydrogens (primary N) is 1. The zero-order valence-electron chi connectivity index (χ0n) is 20.3. The van der Waals surface area contributed by atoms with E-state index < -0.39 is 0 Å². The Balaban J connectivity index is 1.22. The van der Waals surface area contributed by atoms with E-state index in [1.165, 1.54) is 6.33 Å². The van der Waals surface area contributed by atoms with Gasteiger partial charge in [0.15, 0.2) is 5.65 Å². The number of nitrogen functional groups attached to an aromatic ring is 1. The number of H-pyrrole nitrogens is 1. The lowest BCUT2D eigenvalue weighted by molar-refractivity contribution is 0.0557. The molecule has 5 aromatic rings. The monoisotopic (exact) mass is 569 g/mol. The molecule has 10 nitrogen and oxygen atoms in total. The second-order valence-corrected chi connectivity index (χ2v) is 10.7. The lowest BCUT2D eigenvalue weighted by atomic mass is 9.87. The maximum atomic E-state index is 13.1. The highest BCUT2D eigenvalue weighted by molar-refractivity contribution is 9.10. The molecule has 38 heavy (non-hydrogen) atoms. The van der Waals surface area contributed by atoms with Gasteiger partial charge in [0.2, 0.25) is 5.82 Å². The number of benzene rings is 1. The van der Waals surface area contributed by atoms with Gasteiger partial charge in [0.05, 0.1) is 22.1 Å². The van der Waals surface area contributed by atoms with Crippen LogP contribution in [0.15, 0.2) is 65.7 Å². The number of carbonyl (C=O) groups excluding carboxylic acids is 1. The number of amides is 1. The van der Waals surface area contributed by atoms with Crippen LogP contribution in [0.5, 0.6) is 0 Å². The number of rotatable bonds is 4. The molecular weight excluding hydrogens is 546 g/mol. The molecule has 1 aromatic carbocycles. The molecule has 2 fully saturated rings. The number of halogens is 1. The summed E-state index contributed by atoms with van der Waals surface area (Å²) in [6.45, 7) is 0. The average molecular weight is 570 g/mol. The maximum Gasteiger partial charge on any atom is 0.294 e. The molecule has 6 heterocycles. The molecule has 11 heteroatoms. The average Bonchev–Trinajstić information content (AvgIpc) is 3.69. The molecule has 0 spiro atoms. The standard InChI is InChI=1S/C27H24BrN9O/c28-22-23(17-10-18-7-8-19(11-17)36(18)27(38)25-31-14-32-35-25)34-26-20(13-33-37(26)24(22)29)16-6-9-21(30-12-16)15-4-2-1-3-5-15/h1-6,9,12-14,17-19H,7-8,10-11,29H2,(H,31,32,35)/t17?,18-,19+. The van der Waals surface area contributed by atoms with Crippen molar-refractivity contribution in [3.8, 4) is 22.4 Å². The Bertz CT molecular complexity index is 1620. The van der Waals surface area contributed by atoms with E-state index in [0.29, 0.717) is 11.5 Å². The number of pyridine rings is 1. The van der Waals surface area contributed by atoms with Crippen molar-refractivity contribution in [2.45, 2.75) is 43.7 Å². The number of fused-ring (bicyclic) bond motifs is 3. The van der Waals surface area contributed by atoms with Crippen LogP contribution < -0.4 is 5.73 Å². The number of hydrogen-bond acceptors (Lipinski definition) is 7. The molecule has 0 saturated carbocycles. The van der Waals surface area contributed by atoms with Crippen LogP contribution in [0, 0.1) is 0 Å². The molecule has 3 N–H and O–H groups in total. The number of aromatic nitrogens is 7. The van der Waals surface area contributed by atoms with E-state index in [1.54, 1.807) is 10.7 Å². The van der Waals surface area contributed by atoms with E-state index in [1.807, 2.05) is 53.6 Å². The topological polar surface area (TPSA) is 131 Å². The van der Waals surface area contributed by atoms with E-state index in [4.69, 9.17) is 10.7 Å². The zero-order valence-corrected chi connectivity index (χ0v) is 21.9. The molecule has 4 aromatic heterocycles. The molecule has 190 valence electrons. The van der Waals surface area contributed by atoms with Gasteiger partial charge in [0, 0.05) is 40.9 Å². The number of carbonyl (C=O) groups is 1. The normalized spacial score (nSPS) is 20.8. The summed E-state index contributed by atoms with van der Waals surface area (Å²) in [5.41, 5.74) is 11.9. The molecule has 2 bridgehead atoms. The van der Waals surface area contributed by atoms with Crippen molar-refractivity contribution in [2.24, 2.45) is 0 Å². The second kappa shape index (κ2) is 9.02. The smallest absolute Gasteiger partial charge is 0.294 e. The van der Waals surface area contributed by atoms with Crippen LogP contribution in [0.1, 0.15) is 47.9 Å². The SMILES string of the molecule is Nc1c(Br)c(C2C[C@H]3CC[C@@H](C2)N3C(=O)c2nc[nH]n2)nc2c(-c3ccc(-c4ccccc4)nc3)cnn12. The van der Waals surface area contributed by atoms with Crippen molar-refractivity contribution in [1.29, 1.82) is 0 Å². The van der Waals surface area contributed by atoms with Crippen LogP contribution in [-0.4, -0.2) is 57.7 Å². The Morgan fingerprint density at radius 3 is 2.47 bits per heavy atom. The summed E-state index contributed by atoms with van der Waals surface area (Å²) < 4.78 is 2.43. The molecule has 1 unspecified atom stereocenters. The van der Waals surface area contributed by atoms with E-state index >= 15 is 0 Å². The zero-order chi connectivity index (χ0) is 25.8. The number of piperidine rings is 1. The number of anilines is 1. The maximum absolute atomic E-state index is 13.1. The molecule has 7 rings (SSSR count). The summed E-state index contributed by atoms with van der Waals surface area (Å²) in [7, 11) is 0. The van der Waals surface area contributed by atoms with E-state index in [-0.39, 0.29) is 29.7 Å². The first-order chi connectivity index (χ1) is 18.6. The number of nitrogens with zero attached hydrogens (tertiary/aromatic N) is 7. The highest BCUT2D eigenvalue weighted by Gasteiger charge is 2.45. The Labute approximate surface area is 226 Å². The molecular formula is C27H24BrN9O. The van der Waals surface area contributed by atoms with E-state index in [9.17, 15) is 4.79 Å². The van der Waals surface area contributed by atoms with Crippen molar-refractivity contribution in [3.05, 3.63) is 77.2 Å². The fourth-order valence-electron chi connectivity index (χ4n) is 5.98. The molecule has 0 radical (unpaired) electrons. The van der Waals surface area contributed by atoms with Gasteiger partial charge in [-0.3, -0.25) is 14.9 Å². The fourth-order valence-corrected chi connectivity index (χ4v) is 6.56. The number of aromatic amines is 1. The first-order valence-electron chi connectivity index (χ1n) is 12.6. The molecule has 0 aliphatic carbocycles. The van der Waals surface area contributed by atoms with Gasteiger partial charge in [0.25, 0.3) is 5.91 Å². The number of nitrogens with one attached hydrogen (secondary N) is 1. The van der Waals surface area contributed by atoms with Crippen LogP contribution in [0.2, 0.25) is 0 Å². The van der Waals surface area contributed by atoms with Crippen LogP contribution >= 0.6 is 15.9 Å². The summed E-state index contributed by atoms with van der Waals surface area (Å²) in [6, 6.07) is 14.4. The third kappa shape index (κ3) is 3.68. The van der Waals surface area contributed by atoms with Crippen molar-refractivity contribution in [2.75, 3.05) is 5.73 Å². The molecule has 2 saturated heterocycles. The first kappa shape index (κ1) is 23.0. The summed E-state index contributed by atoms with van der Waals surface area (Å²) >= 11 is 3.71. The third-order valence-corrected chi connectivity index (χ3v) is 8.57. The Morgan fingerprint density at radius 2 is 1.79 bits per heavy atom. The minimum Gasteiger partial charge on any atom is -0.383 e. The molecule has 2 aliphatic rings. The Hall–Kier alpha value is -4.12. The first-order valence-corrected chi connectivity index (χ1v) is 13.4.